The fourth-order valence-electron chi connectivity index (χ4n) is 4.10. The molecule has 2 amide bonds. The van der Waals surface area contributed by atoms with E-state index < -0.39 is 5.97 Å². The van der Waals surface area contributed by atoms with Crippen molar-refractivity contribution in [3.8, 4) is 0 Å². The molecule has 0 radical (unpaired) electrons. The van der Waals surface area contributed by atoms with E-state index in [1.165, 1.54) is 0 Å². The average Bonchev–Trinajstić information content (AvgIpc) is 2.83. The number of amides is 2. The molecule has 8 heteroatoms. The molecule has 1 aliphatic heterocycles. The Kier molecular flexibility index (Phi) is 9.70. The summed E-state index contributed by atoms with van der Waals surface area (Å²) in [5.41, 5.74) is 4.74. The average molecular weight is 556 g/mol. The summed E-state index contributed by atoms with van der Waals surface area (Å²) in [5, 5.41) is 7.12. The van der Waals surface area contributed by atoms with Crippen LogP contribution in [0.25, 0.3) is 5.70 Å². The molecule has 2 N–H and O–H groups in total. The molecule has 0 bridgehead atoms. The van der Waals surface area contributed by atoms with Crippen LogP contribution >= 0.6 is 24.1 Å². The number of rotatable bonds is 11. The Labute approximate surface area is 216 Å². The van der Waals surface area contributed by atoms with E-state index in [2.05, 4.69) is 39.8 Å². The Balaban J connectivity index is 1.89. The van der Waals surface area contributed by atoms with Crippen LogP contribution in [-0.4, -0.2) is 30.7 Å². The van der Waals surface area contributed by atoms with Crippen molar-refractivity contribution in [1.82, 2.24) is 10.6 Å². The van der Waals surface area contributed by atoms with Gasteiger partial charge < -0.3 is 15.4 Å². The second-order valence-electron chi connectivity index (χ2n) is 8.23. The highest BCUT2D eigenvalue weighted by atomic mass is 79.9. The van der Waals surface area contributed by atoms with Crippen LogP contribution in [0.4, 0.5) is 4.79 Å². The molecule has 0 aliphatic carbocycles. The van der Waals surface area contributed by atoms with Crippen molar-refractivity contribution < 1.29 is 19.1 Å². The molecule has 0 aromatic heterocycles. The van der Waals surface area contributed by atoms with E-state index in [1.807, 2.05) is 49.4 Å². The number of Topliss-reactive ketones (excluding diaryl/α,β-unsaturated/α-hetero) is 1. The van der Waals surface area contributed by atoms with E-state index in [1.54, 1.807) is 0 Å². The lowest BCUT2D eigenvalue weighted by Gasteiger charge is -2.32. The Morgan fingerprint density at radius 2 is 1.94 bits per heavy atom. The van der Waals surface area contributed by atoms with Crippen molar-refractivity contribution in [3.05, 3.63) is 76.1 Å². The number of ketones is 1. The number of aryl methyl sites for hydroxylation is 1. The molecule has 182 valence electrons. The number of benzene rings is 2. The van der Waals surface area contributed by atoms with Crippen LogP contribution in [-0.2, 0) is 14.3 Å². The predicted molar refractivity (Wildman–Crippen MR) is 145 cm³/mol. The number of nitrogens with one attached hydrogen (secondary N) is 2. The predicted octanol–water partition coefficient (Wildman–Crippen LogP) is 5.42. The van der Waals surface area contributed by atoms with Crippen molar-refractivity contribution in [3.63, 3.8) is 0 Å². The van der Waals surface area contributed by atoms with E-state index in [9.17, 15) is 14.4 Å². The number of hydrogen-bond acceptors (Lipinski definition) is 4. The summed E-state index contributed by atoms with van der Waals surface area (Å²) in [6.45, 7) is 5.54. The van der Waals surface area contributed by atoms with Gasteiger partial charge in [0.25, 0.3) is 0 Å². The van der Waals surface area contributed by atoms with Gasteiger partial charge in [-0.3, -0.25) is 9.59 Å². The Hall–Kier alpha value is -2.89. The third kappa shape index (κ3) is 7.06. The minimum absolute atomic E-state index is 0.00922. The van der Waals surface area contributed by atoms with Gasteiger partial charge in [0.15, 0.2) is 0 Å². The van der Waals surface area contributed by atoms with Gasteiger partial charge in [-0.25, -0.2) is 4.79 Å². The standard InChI is InChI=1S/C27H28BrN2O4P/c1-4-34-24(32)15-13-19(31)9-7-11-21-25(18-12-14-23(35-3)22(28)16-18)29-27(33)30-26(21)20-10-6-5-8-17(20)2/h5-6,8,10,12,14,16,25H,1,3-4,7,9,11,13,15H2,2H3,(H-,29,30,33)/p+1. The van der Waals surface area contributed by atoms with Crippen LogP contribution < -0.4 is 15.9 Å². The van der Waals surface area contributed by atoms with E-state index >= 15 is 0 Å². The van der Waals surface area contributed by atoms with Gasteiger partial charge in [0.1, 0.15) is 12.7 Å². The van der Waals surface area contributed by atoms with Gasteiger partial charge in [-0.05, 0) is 64.5 Å². The highest BCUT2D eigenvalue weighted by Crippen LogP contribution is 2.36. The van der Waals surface area contributed by atoms with Crippen molar-refractivity contribution in [2.75, 3.05) is 6.61 Å². The number of ether oxygens (including phenoxy) is 1. The lowest BCUT2D eigenvalue weighted by molar-refractivity contribution is -0.143. The molecule has 0 saturated carbocycles. The van der Waals surface area contributed by atoms with Gasteiger partial charge in [-0.15, -0.1) is 0 Å². The van der Waals surface area contributed by atoms with Gasteiger partial charge in [-0.1, -0.05) is 44.8 Å². The second kappa shape index (κ2) is 12.7. The minimum Gasteiger partial charge on any atom is -0.423 e. The van der Waals surface area contributed by atoms with Crippen LogP contribution in [0.3, 0.4) is 0 Å². The summed E-state index contributed by atoms with van der Waals surface area (Å²) in [7, 11) is 0.901. The number of carbonyl (C=O) groups excluding carboxylic acids is 3. The van der Waals surface area contributed by atoms with Gasteiger partial charge in [-0.2, -0.15) is 0 Å². The Bertz CT molecular complexity index is 1160. The first-order valence-electron chi connectivity index (χ1n) is 11.4. The molecule has 0 saturated heterocycles. The largest absolute Gasteiger partial charge is 0.423 e. The van der Waals surface area contributed by atoms with Crippen LogP contribution in [0, 0.1) is 13.8 Å². The molecule has 0 spiro atoms. The quantitative estimate of drug-likeness (QED) is 0.220. The first kappa shape index (κ1) is 26.7. The Morgan fingerprint density at radius 3 is 2.63 bits per heavy atom. The highest BCUT2D eigenvalue weighted by molar-refractivity contribution is 9.10. The van der Waals surface area contributed by atoms with Gasteiger partial charge >= 0.3 is 12.0 Å². The molecule has 1 aliphatic rings. The number of halogens is 1. The lowest BCUT2D eigenvalue weighted by Crippen LogP contribution is -2.43. The molecule has 1 unspecified atom stereocenters. The summed E-state index contributed by atoms with van der Waals surface area (Å²) in [6, 6.07) is 13.3. The van der Waals surface area contributed by atoms with Crippen molar-refractivity contribution in [2.45, 2.75) is 45.1 Å². The molecular weight excluding hydrogens is 527 g/mol. The number of carbonyl (C=O) groups is 3. The van der Waals surface area contributed by atoms with Crippen LogP contribution in [0.15, 0.2) is 52.5 Å². The summed E-state index contributed by atoms with van der Waals surface area (Å²) >= 11 is 3.61. The maximum absolute atomic E-state index is 12.7. The van der Waals surface area contributed by atoms with Crippen molar-refractivity contribution in [1.29, 1.82) is 0 Å². The SMILES string of the molecule is C=Pc1ccc(C2NC(=O)NC(c3ccccc3C)=C2CCCC(=O)CCC(=O)OC[CH2+])cc1Br. The zero-order valence-electron chi connectivity index (χ0n) is 19.7. The maximum atomic E-state index is 12.7. The van der Waals surface area contributed by atoms with E-state index in [-0.39, 0.29) is 37.3 Å². The third-order valence-electron chi connectivity index (χ3n) is 5.85. The fourth-order valence-corrected chi connectivity index (χ4v) is 5.27. The molecule has 1 heterocycles. The summed E-state index contributed by atoms with van der Waals surface area (Å²) in [5.74, 6) is -0.400. The molecule has 1 atom stereocenters. The number of hydrogen-bond donors (Lipinski definition) is 2. The highest BCUT2D eigenvalue weighted by Gasteiger charge is 2.29. The monoisotopic (exact) mass is 555 g/mol. The number of urea groups is 1. The van der Waals surface area contributed by atoms with E-state index in [0.717, 1.165) is 45.9 Å². The van der Waals surface area contributed by atoms with E-state index in [4.69, 9.17) is 4.74 Å². The number of esters is 1. The molecule has 35 heavy (non-hydrogen) atoms. The molecule has 3 rings (SSSR count). The van der Waals surface area contributed by atoms with E-state index in [0.29, 0.717) is 19.3 Å². The van der Waals surface area contributed by atoms with Crippen molar-refractivity contribution in [2.24, 2.45) is 0 Å². The molecule has 2 aromatic rings. The van der Waals surface area contributed by atoms with Crippen LogP contribution in [0.2, 0.25) is 0 Å². The maximum Gasteiger partial charge on any atom is 0.319 e. The van der Waals surface area contributed by atoms with Crippen LogP contribution in [0.1, 0.15) is 54.8 Å². The normalized spacial score (nSPS) is 15.5. The molecule has 2 aromatic carbocycles. The zero-order valence-corrected chi connectivity index (χ0v) is 22.2. The smallest absolute Gasteiger partial charge is 0.319 e. The Morgan fingerprint density at radius 1 is 1.17 bits per heavy atom. The summed E-state index contributed by atoms with van der Waals surface area (Å²) in [4.78, 5) is 36.6. The topological polar surface area (TPSA) is 84.5 Å². The lowest BCUT2D eigenvalue weighted by atomic mass is 9.88. The van der Waals surface area contributed by atoms with Gasteiger partial charge in [0, 0.05) is 28.2 Å². The zero-order chi connectivity index (χ0) is 25.4. The van der Waals surface area contributed by atoms with Crippen LogP contribution in [0.5, 0.6) is 0 Å². The van der Waals surface area contributed by atoms with Gasteiger partial charge in [0.05, 0.1) is 18.2 Å². The minimum atomic E-state index is -0.409. The first-order valence-corrected chi connectivity index (χ1v) is 13.3. The molecular formula is C27H29BrN2O4P+. The summed E-state index contributed by atoms with van der Waals surface area (Å²) < 4.78 is 5.73. The van der Waals surface area contributed by atoms with Gasteiger partial charge in [0.2, 0.25) is 6.61 Å². The van der Waals surface area contributed by atoms with Crippen molar-refractivity contribution >= 4 is 59.2 Å². The molecule has 0 fully saturated rings. The fraction of sp³-hybridized carbons (Fsp3) is 0.296. The second-order valence-corrected chi connectivity index (χ2v) is 9.88. The summed E-state index contributed by atoms with van der Waals surface area (Å²) in [6.07, 6.45) is 5.69. The third-order valence-corrected chi connectivity index (χ3v) is 7.54. The molecule has 6 nitrogen and oxygen atoms in total. The first-order chi connectivity index (χ1) is 16.8.